The highest BCUT2D eigenvalue weighted by Gasteiger charge is 2.63. The predicted molar refractivity (Wildman–Crippen MR) is 95.7 cm³/mol. The molecule has 0 saturated heterocycles. The lowest BCUT2D eigenvalue weighted by Crippen LogP contribution is -2.54. The highest BCUT2D eigenvalue weighted by atomic mass is 19.1. The number of hydrogen-bond donors (Lipinski definition) is 0. The summed E-state index contributed by atoms with van der Waals surface area (Å²) in [5.41, 5.74) is 0.836. The fourth-order valence-corrected chi connectivity index (χ4v) is 7.71. The van der Waals surface area contributed by atoms with Crippen molar-refractivity contribution in [2.24, 2.45) is 39.9 Å². The summed E-state index contributed by atoms with van der Waals surface area (Å²) in [6.45, 7) is 7.35. The maximum absolute atomic E-state index is 13.9. The second-order valence-corrected chi connectivity index (χ2v) is 10.00. The molecule has 0 amide bonds. The van der Waals surface area contributed by atoms with E-state index in [1.54, 1.807) is 0 Å². The molecule has 0 aliphatic heterocycles. The fourth-order valence-electron chi connectivity index (χ4n) is 7.71. The molecule has 0 aromatic heterocycles. The first-order chi connectivity index (χ1) is 10.8. The average Bonchev–Trinajstić information content (AvgIpc) is 2.80. The van der Waals surface area contributed by atoms with Gasteiger partial charge in [-0.05, 0) is 99.2 Å². The van der Waals surface area contributed by atoms with Crippen LogP contribution in [0.2, 0.25) is 0 Å². The van der Waals surface area contributed by atoms with Crippen molar-refractivity contribution in [3.05, 3.63) is 0 Å². The Morgan fingerprint density at radius 2 is 1.70 bits per heavy atom. The van der Waals surface area contributed by atoms with Crippen molar-refractivity contribution in [1.29, 1.82) is 0 Å². The summed E-state index contributed by atoms with van der Waals surface area (Å²) in [7, 11) is 0. The van der Waals surface area contributed by atoms with E-state index < -0.39 is 6.17 Å². The van der Waals surface area contributed by atoms with Gasteiger partial charge in [-0.15, -0.1) is 6.42 Å². The number of halogens is 1. The van der Waals surface area contributed by atoms with Crippen LogP contribution in [0.5, 0.6) is 0 Å². The van der Waals surface area contributed by atoms with Gasteiger partial charge in [-0.1, -0.05) is 19.8 Å². The quantitative estimate of drug-likeness (QED) is 0.463. The monoisotopic (exact) mass is 318 g/mol. The van der Waals surface area contributed by atoms with E-state index in [2.05, 4.69) is 26.7 Å². The second-order valence-electron chi connectivity index (χ2n) is 10.00. The van der Waals surface area contributed by atoms with Crippen LogP contribution in [0.1, 0.15) is 80.0 Å². The third kappa shape index (κ3) is 1.96. The molecule has 8 atom stereocenters. The van der Waals surface area contributed by atoms with Gasteiger partial charge < -0.3 is 0 Å². The first-order valence-electron chi connectivity index (χ1n) is 9.96. The fraction of sp³-hybridized carbons (Fsp3) is 0.909. The molecule has 0 heterocycles. The molecule has 1 heteroatoms. The van der Waals surface area contributed by atoms with Crippen LogP contribution in [-0.4, -0.2) is 6.17 Å². The molecule has 4 aliphatic carbocycles. The molecule has 130 valence electrons. The van der Waals surface area contributed by atoms with Gasteiger partial charge in [0.15, 0.2) is 0 Å². The molecule has 4 rings (SSSR count). The molecule has 0 spiro atoms. The van der Waals surface area contributed by atoms with E-state index in [4.69, 9.17) is 6.42 Å². The van der Waals surface area contributed by atoms with Crippen LogP contribution in [0.25, 0.3) is 0 Å². The van der Waals surface area contributed by atoms with Crippen LogP contribution in [0, 0.1) is 52.3 Å². The van der Waals surface area contributed by atoms with Crippen LogP contribution in [-0.2, 0) is 0 Å². The molecule has 4 fully saturated rings. The third-order valence-corrected chi connectivity index (χ3v) is 9.53. The number of fused-ring (bicyclic) bond motifs is 5. The van der Waals surface area contributed by atoms with E-state index in [1.165, 1.54) is 38.5 Å². The average molecular weight is 319 g/mol. The molecule has 0 aromatic carbocycles. The van der Waals surface area contributed by atoms with E-state index in [0.717, 1.165) is 37.0 Å². The van der Waals surface area contributed by atoms with Crippen molar-refractivity contribution in [3.63, 3.8) is 0 Å². The van der Waals surface area contributed by atoms with E-state index in [9.17, 15) is 4.39 Å². The molecule has 23 heavy (non-hydrogen) atoms. The van der Waals surface area contributed by atoms with Crippen LogP contribution in [0.4, 0.5) is 4.39 Å². The zero-order chi connectivity index (χ0) is 16.5. The molecule has 0 bridgehead atoms. The van der Waals surface area contributed by atoms with Gasteiger partial charge in [0.25, 0.3) is 0 Å². The molecule has 4 aliphatic rings. The number of terminal acetylenes is 1. The molecule has 0 radical (unpaired) electrons. The van der Waals surface area contributed by atoms with E-state index >= 15 is 0 Å². The lowest BCUT2D eigenvalue weighted by atomic mass is 9.43. The Morgan fingerprint density at radius 1 is 0.957 bits per heavy atom. The standard InChI is InChI=1S/C22H33F.H2/c1-5-20(2)11-9-19-17-7-6-15-14-16(23)8-12-21(15,3)18(17)10-13-22(19,20)4;/h1,15-19H,6-14H2,2-4H3;1H/t15?,16-,17?,18?,19?,20?,21-,22-;/m0./s1. The topological polar surface area (TPSA) is 0 Å². The first-order valence-corrected chi connectivity index (χ1v) is 9.96. The summed E-state index contributed by atoms with van der Waals surface area (Å²) in [4.78, 5) is 0. The lowest BCUT2D eigenvalue weighted by Gasteiger charge is -2.61. The highest BCUT2D eigenvalue weighted by Crippen LogP contribution is 2.70. The van der Waals surface area contributed by atoms with Gasteiger partial charge in [0.05, 0.1) is 0 Å². The summed E-state index contributed by atoms with van der Waals surface area (Å²) in [5.74, 6) is 6.32. The Balaban J connectivity index is 0.00000169. The van der Waals surface area contributed by atoms with Gasteiger partial charge in [-0.3, -0.25) is 0 Å². The summed E-state index contributed by atoms with van der Waals surface area (Å²) >= 11 is 0. The maximum atomic E-state index is 13.9. The molecular formula is C22H35F. The van der Waals surface area contributed by atoms with Gasteiger partial charge in [-0.2, -0.15) is 0 Å². The van der Waals surface area contributed by atoms with Crippen LogP contribution >= 0.6 is 0 Å². The Kier molecular flexibility index (Phi) is 3.47. The lowest BCUT2D eigenvalue weighted by molar-refractivity contribution is -0.124. The summed E-state index contributed by atoms with van der Waals surface area (Å²) in [6, 6.07) is 0. The number of hydrogen-bond acceptors (Lipinski definition) is 0. The molecular weight excluding hydrogens is 283 g/mol. The Hall–Kier alpha value is -0.510. The van der Waals surface area contributed by atoms with Crippen LogP contribution in [0.3, 0.4) is 0 Å². The molecule has 4 saturated carbocycles. The molecule has 0 nitrogen and oxygen atoms in total. The van der Waals surface area contributed by atoms with Crippen molar-refractivity contribution < 1.29 is 5.82 Å². The Bertz CT molecular complexity index is 539. The largest absolute Gasteiger partial charge is 0.247 e. The molecule has 5 unspecified atom stereocenters. The van der Waals surface area contributed by atoms with Crippen molar-refractivity contribution >= 4 is 0 Å². The van der Waals surface area contributed by atoms with Gasteiger partial charge in [0, 0.05) is 6.84 Å². The van der Waals surface area contributed by atoms with Gasteiger partial charge in [0.1, 0.15) is 6.17 Å². The second kappa shape index (κ2) is 5.00. The summed E-state index contributed by atoms with van der Waals surface area (Å²) in [6.07, 6.45) is 16.0. The number of rotatable bonds is 0. The predicted octanol–water partition coefficient (Wildman–Crippen LogP) is 6.25. The van der Waals surface area contributed by atoms with Crippen molar-refractivity contribution in [2.75, 3.05) is 0 Å². The van der Waals surface area contributed by atoms with Crippen LogP contribution < -0.4 is 0 Å². The van der Waals surface area contributed by atoms with Crippen LogP contribution in [0.15, 0.2) is 0 Å². The van der Waals surface area contributed by atoms with Gasteiger partial charge in [-0.25, -0.2) is 4.39 Å². The van der Waals surface area contributed by atoms with E-state index in [-0.39, 0.29) is 6.84 Å². The van der Waals surface area contributed by atoms with Crippen molar-refractivity contribution in [2.45, 2.75) is 84.7 Å². The Morgan fingerprint density at radius 3 is 2.43 bits per heavy atom. The maximum Gasteiger partial charge on any atom is 0.100 e. The zero-order valence-electron chi connectivity index (χ0n) is 15.2. The normalized spacial score (nSPS) is 58.7. The van der Waals surface area contributed by atoms with Crippen molar-refractivity contribution in [1.82, 2.24) is 0 Å². The molecule has 0 aromatic rings. The van der Waals surface area contributed by atoms with E-state index in [0.29, 0.717) is 16.7 Å². The van der Waals surface area contributed by atoms with Gasteiger partial charge >= 0.3 is 0 Å². The van der Waals surface area contributed by atoms with E-state index in [1.807, 2.05) is 0 Å². The minimum absolute atomic E-state index is 0. The third-order valence-electron chi connectivity index (χ3n) is 9.53. The van der Waals surface area contributed by atoms with Gasteiger partial charge in [0.2, 0.25) is 0 Å². The Labute approximate surface area is 143 Å². The highest BCUT2D eigenvalue weighted by molar-refractivity contribution is 5.20. The summed E-state index contributed by atoms with van der Waals surface area (Å²) in [5, 5.41) is 0. The minimum Gasteiger partial charge on any atom is -0.247 e. The van der Waals surface area contributed by atoms with Crippen molar-refractivity contribution in [3.8, 4) is 12.3 Å². The number of alkyl halides is 1. The minimum atomic E-state index is -0.533. The SMILES string of the molecule is C#CC1(C)CCC2C3CCC4C[C@@H](F)CC[C@]4(C)C3CC[C@@]21C.[HH]. The molecule has 0 N–H and O–H groups in total. The first kappa shape index (κ1) is 16.0. The zero-order valence-corrected chi connectivity index (χ0v) is 15.2. The smallest absolute Gasteiger partial charge is 0.100 e. The summed E-state index contributed by atoms with van der Waals surface area (Å²) < 4.78 is 13.9.